The van der Waals surface area contributed by atoms with Gasteiger partial charge in [-0.2, -0.15) is 4.98 Å². The predicted octanol–water partition coefficient (Wildman–Crippen LogP) is 3.35. The lowest BCUT2D eigenvalue weighted by Gasteiger charge is -2.27. The third-order valence-electron chi connectivity index (χ3n) is 4.57. The third-order valence-corrected chi connectivity index (χ3v) is 5.20. The van der Waals surface area contributed by atoms with Gasteiger partial charge in [-0.1, -0.05) is 36.7 Å². The Hall–Kier alpha value is -2.15. The highest BCUT2D eigenvalue weighted by Crippen LogP contribution is 2.33. The van der Waals surface area contributed by atoms with Gasteiger partial charge in [-0.3, -0.25) is 9.36 Å². The van der Waals surface area contributed by atoms with Gasteiger partial charge in [0.1, 0.15) is 5.65 Å². The van der Waals surface area contributed by atoms with Crippen LogP contribution in [0.25, 0.3) is 22.2 Å². The number of nitrogens with one attached hydrogen (secondary N) is 1. The molecule has 8 heteroatoms. The highest BCUT2D eigenvalue weighted by molar-refractivity contribution is 6.39. The molecule has 0 radical (unpaired) electrons. The van der Waals surface area contributed by atoms with Crippen LogP contribution in [0.1, 0.15) is 7.43 Å². The van der Waals surface area contributed by atoms with Gasteiger partial charge in [0.15, 0.2) is 0 Å². The van der Waals surface area contributed by atoms with Crippen molar-refractivity contribution in [2.45, 2.75) is 7.43 Å². The summed E-state index contributed by atoms with van der Waals surface area (Å²) in [5.74, 6) is 0.637. The minimum atomic E-state index is -0.197. The summed E-state index contributed by atoms with van der Waals surface area (Å²) in [6, 6.07) is 6.95. The zero-order chi connectivity index (χ0) is 18.3. The summed E-state index contributed by atoms with van der Waals surface area (Å²) in [6.07, 6.45) is 1.74. The number of rotatable bonds is 2. The first-order valence-corrected chi connectivity index (χ1v) is 9.08. The molecule has 0 atom stereocenters. The van der Waals surface area contributed by atoms with Crippen LogP contribution in [0.2, 0.25) is 10.0 Å². The summed E-state index contributed by atoms with van der Waals surface area (Å²) in [7, 11) is 1.70. The molecule has 1 aliphatic rings. The summed E-state index contributed by atoms with van der Waals surface area (Å²) >= 11 is 12.6. The van der Waals surface area contributed by atoms with Gasteiger partial charge in [0.2, 0.25) is 5.95 Å². The highest BCUT2D eigenvalue weighted by atomic mass is 35.5. The zero-order valence-corrected chi connectivity index (χ0v) is 15.7. The fourth-order valence-corrected chi connectivity index (χ4v) is 3.79. The number of piperazine rings is 1. The van der Waals surface area contributed by atoms with Gasteiger partial charge in [0, 0.05) is 50.4 Å². The second kappa shape index (κ2) is 7.84. The van der Waals surface area contributed by atoms with E-state index in [1.807, 2.05) is 0 Å². The molecule has 142 valence electrons. The third kappa shape index (κ3) is 3.52. The van der Waals surface area contributed by atoms with Crippen LogP contribution in [0, 0.1) is 0 Å². The molecule has 0 aliphatic carbocycles. The average Bonchev–Trinajstić information content (AvgIpc) is 2.66. The van der Waals surface area contributed by atoms with Gasteiger partial charge in [-0.05, 0) is 18.2 Å². The molecule has 0 bridgehead atoms. The number of aromatic nitrogens is 3. The first-order chi connectivity index (χ1) is 12.6. The number of aryl methyl sites for hydroxylation is 1. The summed E-state index contributed by atoms with van der Waals surface area (Å²) < 4.78 is 1.53. The van der Waals surface area contributed by atoms with E-state index >= 15 is 0 Å². The highest BCUT2D eigenvalue weighted by Gasteiger charge is 2.18. The van der Waals surface area contributed by atoms with E-state index in [1.54, 1.807) is 37.5 Å². The van der Waals surface area contributed by atoms with Crippen molar-refractivity contribution >= 4 is 40.2 Å². The Labute approximate surface area is 167 Å². The Morgan fingerprint density at radius 3 is 2.48 bits per heavy atom. The molecule has 4 rings (SSSR count). The summed E-state index contributed by atoms with van der Waals surface area (Å²) in [5, 5.41) is 4.94. The van der Waals surface area contributed by atoms with Crippen molar-refractivity contribution in [3.05, 3.63) is 50.9 Å². The number of hydrogen-bond acceptors (Lipinski definition) is 5. The molecule has 3 heterocycles. The van der Waals surface area contributed by atoms with E-state index in [0.29, 0.717) is 32.8 Å². The molecule has 0 amide bonds. The largest absolute Gasteiger partial charge is 0.338 e. The van der Waals surface area contributed by atoms with Gasteiger partial charge in [-0.15, -0.1) is 0 Å². The van der Waals surface area contributed by atoms with Crippen molar-refractivity contribution in [1.29, 1.82) is 0 Å². The molecule has 2 aromatic heterocycles. The Balaban J connectivity index is 0.00000210. The number of hydrogen-bond donors (Lipinski definition) is 1. The maximum atomic E-state index is 12.9. The fraction of sp³-hybridized carbons (Fsp3) is 0.316. The van der Waals surface area contributed by atoms with Crippen molar-refractivity contribution in [2.24, 2.45) is 7.05 Å². The maximum absolute atomic E-state index is 12.9. The number of fused-ring (bicyclic) bond motifs is 1. The molecule has 0 spiro atoms. The first kappa shape index (κ1) is 19.6. The van der Waals surface area contributed by atoms with E-state index in [2.05, 4.69) is 20.2 Å². The maximum Gasteiger partial charge on any atom is 0.259 e. The van der Waals surface area contributed by atoms with Crippen LogP contribution >= 0.6 is 23.2 Å². The van der Waals surface area contributed by atoms with E-state index in [1.165, 1.54) is 4.57 Å². The molecule has 1 aliphatic heterocycles. The van der Waals surface area contributed by atoms with Crippen LogP contribution in [-0.4, -0.2) is 40.7 Å². The Bertz CT molecular complexity index is 1020. The van der Waals surface area contributed by atoms with Gasteiger partial charge in [0.25, 0.3) is 5.56 Å². The predicted molar refractivity (Wildman–Crippen MR) is 112 cm³/mol. The van der Waals surface area contributed by atoms with Crippen molar-refractivity contribution in [3.63, 3.8) is 0 Å². The second-order valence-electron chi connectivity index (χ2n) is 6.20. The smallest absolute Gasteiger partial charge is 0.259 e. The normalized spacial score (nSPS) is 14.3. The quantitative estimate of drug-likeness (QED) is 0.707. The van der Waals surface area contributed by atoms with E-state index in [9.17, 15) is 4.79 Å². The lowest BCUT2D eigenvalue weighted by Crippen LogP contribution is -2.44. The molecule has 1 fully saturated rings. The molecule has 0 unspecified atom stereocenters. The van der Waals surface area contributed by atoms with E-state index in [4.69, 9.17) is 23.2 Å². The Morgan fingerprint density at radius 2 is 1.81 bits per heavy atom. The van der Waals surface area contributed by atoms with Gasteiger partial charge < -0.3 is 10.2 Å². The number of halogens is 2. The molecular formula is C19H21Cl2N5O. The zero-order valence-electron chi connectivity index (χ0n) is 14.2. The van der Waals surface area contributed by atoms with Crippen LogP contribution < -0.4 is 15.8 Å². The minimum Gasteiger partial charge on any atom is -0.338 e. The molecule has 1 aromatic carbocycles. The van der Waals surface area contributed by atoms with Crippen LogP contribution in [-0.2, 0) is 7.05 Å². The van der Waals surface area contributed by atoms with E-state index in [0.717, 1.165) is 31.6 Å². The van der Waals surface area contributed by atoms with Crippen molar-refractivity contribution in [2.75, 3.05) is 31.1 Å². The van der Waals surface area contributed by atoms with Crippen molar-refractivity contribution in [1.82, 2.24) is 19.9 Å². The van der Waals surface area contributed by atoms with Crippen LogP contribution in [0.5, 0.6) is 0 Å². The topological polar surface area (TPSA) is 63.1 Å². The SMILES string of the molecule is C.Cn1c(=O)c(-c2c(Cl)cccc2Cl)cc2cnc(N3CCNCC3)nc21. The summed E-state index contributed by atoms with van der Waals surface area (Å²) in [4.78, 5) is 24.2. The van der Waals surface area contributed by atoms with Crippen molar-refractivity contribution < 1.29 is 0 Å². The van der Waals surface area contributed by atoms with Crippen LogP contribution in [0.3, 0.4) is 0 Å². The van der Waals surface area contributed by atoms with Gasteiger partial charge >= 0.3 is 0 Å². The number of pyridine rings is 1. The van der Waals surface area contributed by atoms with Gasteiger partial charge in [-0.25, -0.2) is 4.98 Å². The Morgan fingerprint density at radius 1 is 1.15 bits per heavy atom. The molecular weight excluding hydrogens is 385 g/mol. The lowest BCUT2D eigenvalue weighted by molar-refractivity contribution is 0.580. The molecule has 27 heavy (non-hydrogen) atoms. The van der Waals surface area contributed by atoms with Crippen molar-refractivity contribution in [3.8, 4) is 11.1 Å². The molecule has 0 saturated carbocycles. The standard InChI is InChI=1S/C18H17Cl2N5O.CH4/c1-24-16-11(10-22-18(23-16)25-7-5-21-6-8-25)9-12(17(24)26)15-13(19)3-2-4-14(15)20;/h2-4,9-10,21H,5-8H2,1H3;1H4. The summed E-state index contributed by atoms with van der Waals surface area (Å²) in [6.45, 7) is 3.47. The second-order valence-corrected chi connectivity index (χ2v) is 7.02. The van der Waals surface area contributed by atoms with Crippen LogP contribution in [0.4, 0.5) is 5.95 Å². The Kier molecular flexibility index (Phi) is 5.69. The minimum absolute atomic E-state index is 0. The fourth-order valence-electron chi connectivity index (χ4n) is 3.19. The monoisotopic (exact) mass is 405 g/mol. The van der Waals surface area contributed by atoms with Gasteiger partial charge in [0.05, 0.1) is 15.6 Å². The number of anilines is 1. The number of nitrogens with zero attached hydrogens (tertiary/aromatic N) is 4. The lowest BCUT2D eigenvalue weighted by atomic mass is 10.1. The molecule has 6 nitrogen and oxygen atoms in total. The first-order valence-electron chi connectivity index (χ1n) is 8.33. The molecule has 1 saturated heterocycles. The number of benzene rings is 1. The summed E-state index contributed by atoms with van der Waals surface area (Å²) in [5.41, 5.74) is 1.36. The average molecular weight is 406 g/mol. The molecule has 1 N–H and O–H groups in total. The molecule has 3 aromatic rings. The van der Waals surface area contributed by atoms with E-state index in [-0.39, 0.29) is 13.0 Å². The van der Waals surface area contributed by atoms with E-state index < -0.39 is 0 Å². The van der Waals surface area contributed by atoms with Crippen LogP contribution in [0.15, 0.2) is 35.3 Å².